The molecule has 0 atom stereocenters. The summed E-state index contributed by atoms with van der Waals surface area (Å²) in [6, 6.07) is 23.4. The molecule has 0 saturated carbocycles. The van der Waals surface area contributed by atoms with Crippen LogP contribution in [-0.2, 0) is 6.54 Å². The maximum atomic E-state index is 4.95. The van der Waals surface area contributed by atoms with Crippen molar-refractivity contribution < 1.29 is 0 Å². The number of aromatic nitrogens is 2. The van der Waals surface area contributed by atoms with Gasteiger partial charge in [0.15, 0.2) is 0 Å². The highest BCUT2D eigenvalue weighted by molar-refractivity contribution is 5.77. The number of imidazole rings is 1. The number of hydrogen-bond donors (Lipinski definition) is 1. The second-order valence-electron chi connectivity index (χ2n) is 6.88. The van der Waals surface area contributed by atoms with Gasteiger partial charge in [-0.2, -0.15) is 0 Å². The van der Waals surface area contributed by atoms with Crippen LogP contribution in [0.25, 0.3) is 16.9 Å². The van der Waals surface area contributed by atoms with Gasteiger partial charge in [-0.15, -0.1) is 0 Å². The van der Waals surface area contributed by atoms with Crippen LogP contribution in [0.5, 0.6) is 0 Å². The highest BCUT2D eigenvalue weighted by atomic mass is 15.1. The van der Waals surface area contributed by atoms with E-state index in [1.54, 1.807) is 0 Å². The highest BCUT2D eigenvalue weighted by Crippen LogP contribution is 2.31. The summed E-state index contributed by atoms with van der Waals surface area (Å²) in [6.45, 7) is 7.12. The third-order valence-electron chi connectivity index (χ3n) is 4.68. The number of nitrogens with zero attached hydrogens (tertiary/aromatic N) is 2. The molecule has 0 aliphatic rings. The van der Waals surface area contributed by atoms with Gasteiger partial charge in [0.25, 0.3) is 0 Å². The van der Waals surface area contributed by atoms with Gasteiger partial charge in [-0.1, -0.05) is 60.2 Å². The van der Waals surface area contributed by atoms with Gasteiger partial charge >= 0.3 is 0 Å². The Hall–Kier alpha value is -3.07. The van der Waals surface area contributed by atoms with Crippen molar-refractivity contribution in [2.75, 3.05) is 5.32 Å². The number of anilines is 1. The van der Waals surface area contributed by atoms with Gasteiger partial charge in [-0.25, -0.2) is 4.98 Å². The van der Waals surface area contributed by atoms with Crippen molar-refractivity contribution >= 4 is 11.5 Å². The molecule has 2 heterocycles. The van der Waals surface area contributed by atoms with Crippen molar-refractivity contribution in [3.8, 4) is 11.3 Å². The fourth-order valence-electron chi connectivity index (χ4n) is 3.39. The van der Waals surface area contributed by atoms with E-state index in [2.05, 4.69) is 91.2 Å². The molecule has 3 nitrogen and oxygen atoms in total. The normalized spacial score (nSPS) is 11.0. The quantitative estimate of drug-likeness (QED) is 0.528. The summed E-state index contributed by atoms with van der Waals surface area (Å²) in [4.78, 5) is 4.95. The van der Waals surface area contributed by atoms with Gasteiger partial charge in [0.2, 0.25) is 0 Å². The van der Waals surface area contributed by atoms with E-state index in [0.29, 0.717) is 0 Å². The minimum absolute atomic E-state index is 0.765. The first-order chi connectivity index (χ1) is 12.6. The predicted octanol–water partition coefficient (Wildman–Crippen LogP) is 5.54. The summed E-state index contributed by atoms with van der Waals surface area (Å²) in [5, 5.41) is 3.63. The summed E-state index contributed by atoms with van der Waals surface area (Å²) in [5.74, 6) is 1.05. The maximum Gasteiger partial charge on any atom is 0.139 e. The molecule has 0 aliphatic carbocycles. The van der Waals surface area contributed by atoms with Gasteiger partial charge in [-0.05, 0) is 44.0 Å². The van der Waals surface area contributed by atoms with Crippen LogP contribution in [0, 0.1) is 20.8 Å². The van der Waals surface area contributed by atoms with E-state index in [0.717, 1.165) is 29.3 Å². The molecule has 4 aromatic rings. The molecule has 130 valence electrons. The number of rotatable bonds is 4. The van der Waals surface area contributed by atoms with Crippen LogP contribution >= 0.6 is 0 Å². The molecule has 26 heavy (non-hydrogen) atoms. The monoisotopic (exact) mass is 341 g/mol. The molecule has 0 spiro atoms. The predicted molar refractivity (Wildman–Crippen MR) is 109 cm³/mol. The number of pyridine rings is 1. The smallest absolute Gasteiger partial charge is 0.139 e. The van der Waals surface area contributed by atoms with Crippen molar-refractivity contribution in [3.63, 3.8) is 0 Å². The lowest BCUT2D eigenvalue weighted by Gasteiger charge is -2.11. The summed E-state index contributed by atoms with van der Waals surface area (Å²) in [5.41, 5.74) is 8.02. The molecule has 0 unspecified atom stereocenters. The number of fused-ring (bicyclic) bond motifs is 1. The average molecular weight is 341 g/mol. The van der Waals surface area contributed by atoms with Crippen LogP contribution in [0.15, 0.2) is 66.7 Å². The van der Waals surface area contributed by atoms with Crippen molar-refractivity contribution in [1.29, 1.82) is 0 Å². The lowest BCUT2D eigenvalue weighted by Crippen LogP contribution is -2.05. The second kappa shape index (κ2) is 6.68. The third-order valence-corrected chi connectivity index (χ3v) is 4.68. The molecule has 4 rings (SSSR count). The Labute approximate surface area is 154 Å². The van der Waals surface area contributed by atoms with E-state index in [-0.39, 0.29) is 0 Å². The summed E-state index contributed by atoms with van der Waals surface area (Å²) in [7, 11) is 0. The first-order valence-corrected chi connectivity index (χ1v) is 8.96. The zero-order valence-electron chi connectivity index (χ0n) is 15.5. The van der Waals surface area contributed by atoms with E-state index in [1.807, 2.05) is 6.07 Å². The Morgan fingerprint density at radius 3 is 2.31 bits per heavy atom. The first-order valence-electron chi connectivity index (χ1n) is 8.96. The number of nitrogens with one attached hydrogen (secondary N) is 1. The van der Waals surface area contributed by atoms with Crippen molar-refractivity contribution in [3.05, 3.63) is 89.1 Å². The van der Waals surface area contributed by atoms with Gasteiger partial charge in [0.05, 0.1) is 0 Å². The largest absolute Gasteiger partial charge is 0.365 e. The van der Waals surface area contributed by atoms with Crippen LogP contribution < -0.4 is 5.32 Å². The SMILES string of the molecule is Cc1ccc(-c2nc3cc(C)cc(C)n3c2NCc2ccccc2)cc1. The molecular weight excluding hydrogens is 318 g/mol. The fraction of sp³-hybridized carbons (Fsp3) is 0.174. The fourth-order valence-corrected chi connectivity index (χ4v) is 3.39. The van der Waals surface area contributed by atoms with E-state index in [1.165, 1.54) is 22.4 Å². The van der Waals surface area contributed by atoms with Gasteiger partial charge < -0.3 is 5.32 Å². The van der Waals surface area contributed by atoms with Crippen molar-refractivity contribution in [2.45, 2.75) is 27.3 Å². The van der Waals surface area contributed by atoms with E-state index in [9.17, 15) is 0 Å². The van der Waals surface area contributed by atoms with Crippen LogP contribution in [0.2, 0.25) is 0 Å². The maximum absolute atomic E-state index is 4.95. The lowest BCUT2D eigenvalue weighted by atomic mass is 10.1. The Bertz CT molecular complexity index is 1040. The summed E-state index contributed by atoms with van der Waals surface area (Å²) < 4.78 is 2.21. The minimum Gasteiger partial charge on any atom is -0.365 e. The topological polar surface area (TPSA) is 29.3 Å². The number of aryl methyl sites for hydroxylation is 3. The molecule has 0 aliphatic heterocycles. The molecule has 3 heteroatoms. The molecular formula is C23H23N3. The molecule has 0 amide bonds. The van der Waals surface area contributed by atoms with Crippen LogP contribution in [-0.4, -0.2) is 9.38 Å². The zero-order valence-corrected chi connectivity index (χ0v) is 15.5. The Morgan fingerprint density at radius 1 is 0.846 bits per heavy atom. The Kier molecular flexibility index (Phi) is 4.21. The van der Waals surface area contributed by atoms with Crippen molar-refractivity contribution in [1.82, 2.24) is 9.38 Å². The average Bonchev–Trinajstić information content (AvgIpc) is 3.00. The van der Waals surface area contributed by atoms with Crippen molar-refractivity contribution in [2.24, 2.45) is 0 Å². The van der Waals surface area contributed by atoms with E-state index >= 15 is 0 Å². The zero-order chi connectivity index (χ0) is 18.1. The standard InChI is InChI=1S/C23H23N3/c1-16-9-11-20(12-10-16)22-23(24-15-19-7-5-4-6-8-19)26-18(3)13-17(2)14-21(26)25-22/h4-14,24H,15H2,1-3H3. The van der Waals surface area contributed by atoms with Crippen LogP contribution in [0.3, 0.4) is 0 Å². The first kappa shape index (κ1) is 16.4. The number of benzene rings is 2. The molecule has 1 N–H and O–H groups in total. The van der Waals surface area contributed by atoms with Gasteiger partial charge in [-0.3, -0.25) is 4.40 Å². The molecule has 0 fully saturated rings. The van der Waals surface area contributed by atoms with Gasteiger partial charge in [0.1, 0.15) is 17.2 Å². The molecule has 0 bridgehead atoms. The molecule has 2 aromatic heterocycles. The third kappa shape index (κ3) is 3.08. The van der Waals surface area contributed by atoms with E-state index < -0.39 is 0 Å². The summed E-state index contributed by atoms with van der Waals surface area (Å²) >= 11 is 0. The second-order valence-corrected chi connectivity index (χ2v) is 6.88. The van der Waals surface area contributed by atoms with E-state index in [4.69, 9.17) is 4.98 Å². The molecule has 2 aromatic carbocycles. The summed E-state index contributed by atoms with van der Waals surface area (Å²) in [6.07, 6.45) is 0. The highest BCUT2D eigenvalue weighted by Gasteiger charge is 2.15. The van der Waals surface area contributed by atoms with Crippen LogP contribution in [0.1, 0.15) is 22.4 Å². The Balaban J connectivity index is 1.84. The van der Waals surface area contributed by atoms with Crippen LogP contribution in [0.4, 0.5) is 5.82 Å². The molecule has 0 radical (unpaired) electrons. The lowest BCUT2D eigenvalue weighted by molar-refractivity contribution is 1.04. The Morgan fingerprint density at radius 2 is 1.58 bits per heavy atom. The number of hydrogen-bond acceptors (Lipinski definition) is 2. The minimum atomic E-state index is 0.765. The van der Waals surface area contributed by atoms with Gasteiger partial charge in [0, 0.05) is 17.8 Å². The molecule has 0 saturated heterocycles.